The molecule has 6 heteroatoms. The third-order valence-corrected chi connectivity index (χ3v) is 30.4. The van der Waals surface area contributed by atoms with E-state index in [1.165, 1.54) is 148 Å². The van der Waals surface area contributed by atoms with E-state index < -0.39 is 12.1 Å². The summed E-state index contributed by atoms with van der Waals surface area (Å²) in [4.78, 5) is 3.12. The minimum atomic E-state index is -1.60. The third-order valence-electron chi connectivity index (χ3n) is 12.8. The maximum atomic E-state index is 7.07. The number of thiophene rings is 2. The van der Waals surface area contributed by atoms with Crippen molar-refractivity contribution in [1.82, 2.24) is 0 Å². The average Bonchev–Trinajstić information content (AvgIpc) is 3.84. The summed E-state index contributed by atoms with van der Waals surface area (Å²) < 4.78 is 3.35. The maximum absolute atomic E-state index is 7.07. The highest BCUT2D eigenvalue weighted by Crippen LogP contribution is 2.65. The van der Waals surface area contributed by atoms with E-state index in [9.17, 15) is 0 Å². The first-order valence-corrected chi connectivity index (χ1v) is 26.6. The quantitative estimate of drug-likeness (QED) is 0.250. The molecule has 0 spiro atoms. The van der Waals surface area contributed by atoms with E-state index in [1.807, 2.05) is 0 Å². The van der Waals surface area contributed by atoms with Gasteiger partial charge in [-0.05, 0) is 154 Å². The largest absolute Gasteiger partial charge is 0.139 e. The fourth-order valence-corrected chi connectivity index (χ4v) is 27.0. The fourth-order valence-electron chi connectivity index (χ4n) is 10.4. The van der Waals surface area contributed by atoms with Gasteiger partial charge < -0.3 is 0 Å². The summed E-state index contributed by atoms with van der Waals surface area (Å²) in [5.41, 5.74) is 9.76. The fraction of sp³-hybridized carbons (Fsp3) is 0.744. The Labute approximate surface area is 294 Å². The van der Waals surface area contributed by atoms with Crippen LogP contribution in [0.1, 0.15) is 169 Å². The van der Waals surface area contributed by atoms with Crippen molar-refractivity contribution in [1.29, 1.82) is 0 Å². The molecule has 2 heterocycles. The molecule has 0 saturated heterocycles. The number of hydrogen-bond donors (Lipinski definition) is 0. The molecule has 0 amide bonds. The van der Waals surface area contributed by atoms with Gasteiger partial charge in [-0.3, -0.25) is 0 Å². The van der Waals surface area contributed by atoms with Gasteiger partial charge in [-0.2, -0.15) is 0 Å². The molecule has 4 fully saturated rings. The van der Waals surface area contributed by atoms with Gasteiger partial charge in [0.15, 0.2) is 0 Å². The SMILES string of the molecule is Cc1sc(P(=S)(C2CCCCC2)C2CCCCC2)cc1C1=C(c2cc(P(=S)(C3CCCCC3)C3CCCCC3)sc2C)CCC1. The van der Waals surface area contributed by atoms with Crippen molar-refractivity contribution in [3.05, 3.63) is 33.0 Å². The molecule has 7 rings (SSSR count). The Kier molecular flexibility index (Phi) is 11.1. The first-order chi connectivity index (χ1) is 21.9. The molecule has 0 aliphatic heterocycles. The lowest BCUT2D eigenvalue weighted by molar-refractivity contribution is 0.486. The van der Waals surface area contributed by atoms with E-state index in [4.69, 9.17) is 23.6 Å². The lowest BCUT2D eigenvalue weighted by atomic mass is 9.98. The summed E-state index contributed by atoms with van der Waals surface area (Å²) in [5.74, 6) is 0. The van der Waals surface area contributed by atoms with E-state index in [2.05, 4.69) is 48.7 Å². The zero-order valence-corrected chi connectivity index (χ0v) is 33.3. The van der Waals surface area contributed by atoms with E-state index in [0.29, 0.717) is 0 Å². The minimum absolute atomic E-state index is 0.803. The molecular formula is C39H58P2S4. The Morgan fingerprint density at radius 2 is 0.756 bits per heavy atom. The van der Waals surface area contributed by atoms with Crippen molar-refractivity contribution in [3.63, 3.8) is 0 Å². The lowest BCUT2D eigenvalue weighted by Gasteiger charge is -2.41. The summed E-state index contributed by atoms with van der Waals surface area (Å²) in [6.45, 7) is 4.87. The van der Waals surface area contributed by atoms with Crippen molar-refractivity contribution in [3.8, 4) is 0 Å². The topological polar surface area (TPSA) is 0 Å². The molecular weight excluding hydrogens is 659 g/mol. The van der Waals surface area contributed by atoms with Gasteiger partial charge in [-0.1, -0.05) is 101 Å². The predicted molar refractivity (Wildman–Crippen MR) is 214 cm³/mol. The molecule has 2 aromatic rings. The van der Waals surface area contributed by atoms with Crippen molar-refractivity contribution >= 4 is 78.7 Å². The Bertz CT molecular complexity index is 1300. The molecule has 0 nitrogen and oxygen atoms in total. The zero-order valence-electron chi connectivity index (χ0n) is 28.3. The van der Waals surface area contributed by atoms with E-state index in [1.54, 1.807) is 41.3 Å². The molecule has 0 radical (unpaired) electrons. The van der Waals surface area contributed by atoms with E-state index in [0.717, 1.165) is 22.6 Å². The van der Waals surface area contributed by atoms with Crippen LogP contribution in [-0.4, -0.2) is 22.6 Å². The highest BCUT2D eigenvalue weighted by molar-refractivity contribution is 8.20. The molecule has 5 aliphatic carbocycles. The van der Waals surface area contributed by atoms with Crippen LogP contribution in [0.4, 0.5) is 0 Å². The average molecular weight is 717 g/mol. The molecule has 0 aromatic carbocycles. The van der Waals surface area contributed by atoms with Crippen LogP contribution in [0.5, 0.6) is 0 Å². The normalized spacial score (nSPS) is 24.1. The maximum Gasteiger partial charge on any atom is 0.0391 e. The monoisotopic (exact) mass is 716 g/mol. The number of aryl methyl sites for hydroxylation is 2. The second kappa shape index (κ2) is 14.7. The van der Waals surface area contributed by atoms with Gasteiger partial charge >= 0.3 is 0 Å². The van der Waals surface area contributed by atoms with Crippen LogP contribution in [0.15, 0.2) is 12.1 Å². The summed E-state index contributed by atoms with van der Waals surface area (Å²) in [5, 5.41) is 0. The van der Waals surface area contributed by atoms with Gasteiger partial charge in [0, 0.05) is 19.0 Å². The Morgan fingerprint density at radius 1 is 0.467 bits per heavy atom. The van der Waals surface area contributed by atoms with Crippen LogP contribution in [0, 0.1) is 13.8 Å². The summed E-state index contributed by atoms with van der Waals surface area (Å²) >= 11 is 18.4. The molecule has 248 valence electrons. The van der Waals surface area contributed by atoms with Crippen LogP contribution in [-0.2, 0) is 23.6 Å². The Balaban J connectivity index is 1.26. The smallest absolute Gasteiger partial charge is 0.0391 e. The highest BCUT2D eigenvalue weighted by Gasteiger charge is 2.42. The molecule has 45 heavy (non-hydrogen) atoms. The molecule has 2 aromatic heterocycles. The minimum Gasteiger partial charge on any atom is -0.139 e. The number of rotatable bonds is 8. The van der Waals surface area contributed by atoms with Crippen LogP contribution in [0.25, 0.3) is 11.1 Å². The van der Waals surface area contributed by atoms with Crippen molar-refractivity contribution in [2.75, 3.05) is 0 Å². The van der Waals surface area contributed by atoms with Crippen LogP contribution >= 0.6 is 34.7 Å². The molecule has 0 unspecified atom stereocenters. The van der Waals surface area contributed by atoms with Crippen LogP contribution < -0.4 is 9.24 Å². The highest BCUT2D eigenvalue weighted by atomic mass is 32.4. The molecule has 0 N–H and O–H groups in total. The second-order valence-electron chi connectivity index (χ2n) is 15.5. The van der Waals surface area contributed by atoms with Gasteiger partial charge in [0.1, 0.15) is 0 Å². The van der Waals surface area contributed by atoms with Gasteiger partial charge in [0.05, 0.1) is 0 Å². The lowest BCUT2D eigenvalue weighted by Crippen LogP contribution is -2.28. The van der Waals surface area contributed by atoms with Gasteiger partial charge in [-0.25, -0.2) is 0 Å². The van der Waals surface area contributed by atoms with Gasteiger partial charge in [-0.15, -0.1) is 22.7 Å². The van der Waals surface area contributed by atoms with Gasteiger partial charge in [0.25, 0.3) is 0 Å². The standard InChI is InChI=1S/C39H58P2S4/c1-28-36(26-38(44-28)40(42,30-16-7-3-8-17-30)31-18-9-4-10-19-31)34-24-15-25-35(34)37-27-39(45-29(37)2)41(43,32-20-11-5-12-21-32)33-22-13-6-14-23-33/h26-27,30-33H,3-25H2,1-2H3. The molecule has 4 saturated carbocycles. The Hall–Kier alpha value is 0.440. The molecule has 0 atom stereocenters. The summed E-state index contributed by atoms with van der Waals surface area (Å²) in [6.07, 6.45) is 32.0. The van der Waals surface area contributed by atoms with Gasteiger partial charge in [0.2, 0.25) is 0 Å². The summed E-state index contributed by atoms with van der Waals surface area (Å²) in [7, 11) is 0. The zero-order chi connectivity index (χ0) is 31.0. The van der Waals surface area contributed by atoms with E-state index >= 15 is 0 Å². The van der Waals surface area contributed by atoms with Crippen LogP contribution in [0.3, 0.4) is 0 Å². The van der Waals surface area contributed by atoms with E-state index in [-0.39, 0.29) is 0 Å². The first kappa shape index (κ1) is 33.9. The third kappa shape index (κ3) is 6.56. The van der Waals surface area contributed by atoms with Crippen molar-refractivity contribution < 1.29 is 0 Å². The summed E-state index contributed by atoms with van der Waals surface area (Å²) in [6, 6.07) is 2.22. The second-order valence-corrected chi connectivity index (χ2v) is 29.0. The number of allylic oxidation sites excluding steroid dienone is 2. The van der Waals surface area contributed by atoms with Crippen LogP contribution in [0.2, 0.25) is 0 Å². The van der Waals surface area contributed by atoms with Crippen molar-refractivity contribution in [2.24, 2.45) is 0 Å². The Morgan fingerprint density at radius 3 is 1.04 bits per heavy atom. The number of hydrogen-bond acceptors (Lipinski definition) is 4. The molecule has 0 bridgehead atoms. The van der Waals surface area contributed by atoms with Crippen molar-refractivity contribution in [2.45, 2.75) is 184 Å². The first-order valence-electron chi connectivity index (χ1n) is 19.0. The predicted octanol–water partition coefficient (Wildman–Crippen LogP) is 13.1. The molecule has 5 aliphatic rings.